The summed E-state index contributed by atoms with van der Waals surface area (Å²) >= 11 is 0. The molecule has 1 atom stereocenters. The number of halogens is 3. The molecule has 172 valence electrons. The highest BCUT2D eigenvalue weighted by molar-refractivity contribution is 5.97. The van der Waals surface area contributed by atoms with Crippen molar-refractivity contribution in [3.63, 3.8) is 0 Å². The molecular formula is C21H21F3N7O2+. The highest BCUT2D eigenvalue weighted by Gasteiger charge is 2.39. The van der Waals surface area contributed by atoms with E-state index in [9.17, 15) is 28.0 Å². The minimum Gasteiger partial charge on any atom is -0.327 e. The van der Waals surface area contributed by atoms with Gasteiger partial charge in [-0.05, 0) is 25.0 Å². The Labute approximate surface area is 186 Å². The molecule has 0 bridgehead atoms. The number of nitrogens with zero attached hydrogens (tertiary/aromatic N) is 4. The molecule has 3 aromatic rings. The fourth-order valence-electron chi connectivity index (χ4n) is 4.44. The standard InChI is InChI=1S/C21H20F3N7O2/c22-21(23,24)20(33)29-18-6-5-17-19(15(26-12-32)10-28-31(17)18)14-9-27-30(11-14)16(7-8-25)13-3-1-2-4-13/h5-6,9-13,16H,1-4,7H2,(H2,26,28,29,32,33)/p+1. The molecule has 1 saturated carbocycles. The fourth-order valence-corrected chi connectivity index (χ4v) is 4.44. The second-order valence-corrected chi connectivity index (χ2v) is 7.90. The van der Waals surface area contributed by atoms with Crippen molar-refractivity contribution < 1.29 is 27.4 Å². The van der Waals surface area contributed by atoms with E-state index in [-0.39, 0.29) is 11.9 Å². The summed E-state index contributed by atoms with van der Waals surface area (Å²) in [6, 6.07) is 5.01. The van der Waals surface area contributed by atoms with E-state index in [1.807, 2.05) is 16.2 Å². The van der Waals surface area contributed by atoms with Crippen LogP contribution in [0.1, 0.15) is 38.1 Å². The molecule has 3 N–H and O–H groups in total. The fraction of sp³-hybridized carbons (Fsp3) is 0.381. The van der Waals surface area contributed by atoms with E-state index < -0.39 is 12.1 Å². The molecule has 12 heteroatoms. The Bertz CT molecular complexity index is 1220. The first kappa shape index (κ1) is 22.3. The summed E-state index contributed by atoms with van der Waals surface area (Å²) in [4.78, 5) is 22.5. The number of nitrogens with one attached hydrogen (secondary N) is 3. The van der Waals surface area contributed by atoms with Crippen molar-refractivity contribution in [2.75, 3.05) is 10.6 Å². The second-order valence-electron chi connectivity index (χ2n) is 7.90. The number of aromatic nitrogens is 4. The number of anilines is 2. The highest BCUT2D eigenvalue weighted by Crippen LogP contribution is 2.36. The molecule has 0 aliphatic heterocycles. The Balaban J connectivity index is 1.76. The van der Waals surface area contributed by atoms with Crippen molar-refractivity contribution in [2.45, 2.75) is 44.3 Å². The van der Waals surface area contributed by atoms with E-state index >= 15 is 0 Å². The number of carbonyl (C=O) groups excluding carboxylic acids is 2. The molecule has 1 aliphatic rings. The summed E-state index contributed by atoms with van der Waals surface area (Å²) in [5.41, 5.74) is 1.86. The summed E-state index contributed by atoms with van der Waals surface area (Å²) in [5, 5.41) is 20.9. The number of fused-ring (bicyclic) bond motifs is 1. The lowest BCUT2D eigenvalue weighted by Crippen LogP contribution is -2.44. The van der Waals surface area contributed by atoms with Gasteiger partial charge in [-0.25, -0.2) is 4.52 Å². The molecule has 1 fully saturated rings. The monoisotopic (exact) mass is 460 g/mol. The Morgan fingerprint density at radius 2 is 2.15 bits per heavy atom. The van der Waals surface area contributed by atoms with Crippen LogP contribution in [0.25, 0.3) is 16.6 Å². The lowest BCUT2D eigenvalue weighted by atomic mass is 9.96. The van der Waals surface area contributed by atoms with E-state index in [4.69, 9.17) is 0 Å². The summed E-state index contributed by atoms with van der Waals surface area (Å²) in [6.07, 6.45) is 4.88. The Morgan fingerprint density at radius 1 is 1.39 bits per heavy atom. The van der Waals surface area contributed by atoms with Gasteiger partial charge in [0.05, 0.1) is 41.7 Å². The zero-order valence-corrected chi connectivity index (χ0v) is 17.4. The number of alkyl halides is 3. The molecule has 9 nitrogen and oxygen atoms in total. The van der Waals surface area contributed by atoms with Crippen LogP contribution in [0.2, 0.25) is 0 Å². The van der Waals surface area contributed by atoms with Crippen LogP contribution in [0, 0.1) is 17.2 Å². The van der Waals surface area contributed by atoms with Gasteiger partial charge in [-0.15, -0.1) is 4.68 Å². The normalized spacial score (nSPS) is 15.3. The highest BCUT2D eigenvalue weighted by atomic mass is 19.4. The predicted octanol–water partition coefficient (Wildman–Crippen LogP) is 3.33. The summed E-state index contributed by atoms with van der Waals surface area (Å²) in [7, 11) is 0. The van der Waals surface area contributed by atoms with Gasteiger partial charge in [0.15, 0.2) is 6.04 Å². The molecule has 3 aromatic heterocycles. The predicted molar refractivity (Wildman–Crippen MR) is 111 cm³/mol. The number of carbonyl (C=O) groups is 2. The molecule has 4 rings (SSSR count). The quantitative estimate of drug-likeness (QED) is 0.370. The number of nitriles is 1. The largest absolute Gasteiger partial charge is 0.471 e. The molecule has 0 spiro atoms. The van der Waals surface area contributed by atoms with E-state index in [1.165, 1.54) is 18.3 Å². The molecule has 1 aliphatic carbocycles. The van der Waals surface area contributed by atoms with Gasteiger partial charge in [0.25, 0.3) is 0 Å². The zero-order chi connectivity index (χ0) is 23.6. The van der Waals surface area contributed by atoms with E-state index in [0.717, 1.165) is 30.2 Å². The van der Waals surface area contributed by atoms with Crippen LogP contribution in [0.3, 0.4) is 0 Å². The van der Waals surface area contributed by atoms with E-state index in [0.29, 0.717) is 41.1 Å². The first-order valence-electron chi connectivity index (χ1n) is 10.4. The third-order valence-electron chi connectivity index (χ3n) is 5.93. The van der Waals surface area contributed by atoms with Crippen LogP contribution >= 0.6 is 0 Å². The van der Waals surface area contributed by atoms with Gasteiger partial charge in [0.2, 0.25) is 12.6 Å². The molecule has 1 unspecified atom stereocenters. The molecule has 0 aromatic carbocycles. The Morgan fingerprint density at radius 3 is 2.82 bits per heavy atom. The molecular weight excluding hydrogens is 439 g/mol. The first-order chi connectivity index (χ1) is 15.8. The maximum absolute atomic E-state index is 12.7. The van der Waals surface area contributed by atoms with Gasteiger partial charge < -0.3 is 10.6 Å². The van der Waals surface area contributed by atoms with E-state index in [2.05, 4.69) is 21.6 Å². The summed E-state index contributed by atoms with van der Waals surface area (Å²) in [5.74, 6) is -1.91. The van der Waals surface area contributed by atoms with Crippen LogP contribution in [-0.4, -0.2) is 33.2 Å². The molecule has 2 amide bonds. The van der Waals surface area contributed by atoms with Gasteiger partial charge >= 0.3 is 12.1 Å². The summed E-state index contributed by atoms with van der Waals surface area (Å²) in [6.45, 7) is 0. The van der Waals surface area contributed by atoms with Crippen molar-refractivity contribution in [1.29, 1.82) is 5.26 Å². The second kappa shape index (κ2) is 8.93. The number of hydrogen-bond donors (Lipinski definition) is 3. The number of rotatable bonds is 7. The maximum Gasteiger partial charge on any atom is 0.471 e. The molecule has 33 heavy (non-hydrogen) atoms. The molecule has 0 radical (unpaired) electrons. The van der Waals surface area contributed by atoms with Gasteiger partial charge in [0.1, 0.15) is 5.82 Å². The van der Waals surface area contributed by atoms with Crippen molar-refractivity contribution in [2.24, 2.45) is 5.92 Å². The van der Waals surface area contributed by atoms with Gasteiger partial charge in [-0.2, -0.15) is 28.6 Å². The van der Waals surface area contributed by atoms with Gasteiger partial charge in [-0.1, -0.05) is 12.8 Å². The van der Waals surface area contributed by atoms with Crippen LogP contribution in [0.4, 0.5) is 24.7 Å². The van der Waals surface area contributed by atoms with Crippen LogP contribution < -0.4 is 15.3 Å². The Kier molecular flexibility index (Phi) is 6.04. The third-order valence-corrected chi connectivity index (χ3v) is 5.93. The van der Waals surface area contributed by atoms with Gasteiger partial charge in [0, 0.05) is 11.5 Å². The third kappa shape index (κ3) is 4.39. The SMILES string of the molecule is N#CCC(C1CCCC1)[n+]1cc(-c2c(NC=O)cnn3c(NC(=O)C(F)(F)F)ccc23)c[nH]1. The number of H-pyrrole nitrogens is 1. The first-order valence-corrected chi connectivity index (χ1v) is 10.4. The number of amides is 2. The van der Waals surface area contributed by atoms with Crippen molar-refractivity contribution in [3.8, 4) is 17.2 Å². The average Bonchev–Trinajstić information content (AvgIpc) is 3.53. The number of aromatic amines is 1. The molecule has 3 heterocycles. The maximum atomic E-state index is 12.7. The van der Waals surface area contributed by atoms with Gasteiger partial charge in [-0.3, -0.25) is 9.59 Å². The van der Waals surface area contributed by atoms with Crippen molar-refractivity contribution in [3.05, 3.63) is 30.7 Å². The van der Waals surface area contributed by atoms with Crippen molar-refractivity contribution in [1.82, 2.24) is 14.7 Å². The minimum atomic E-state index is -5.05. The topological polar surface area (TPSA) is 119 Å². The smallest absolute Gasteiger partial charge is 0.327 e. The minimum absolute atomic E-state index is 0.0417. The number of hydrogen-bond acceptors (Lipinski definition) is 4. The van der Waals surface area contributed by atoms with Crippen LogP contribution in [-0.2, 0) is 9.59 Å². The van der Waals surface area contributed by atoms with Crippen LogP contribution in [0.5, 0.6) is 0 Å². The Hall–Kier alpha value is -3.88. The zero-order valence-electron chi connectivity index (χ0n) is 17.4. The lowest BCUT2D eigenvalue weighted by Gasteiger charge is -2.13. The molecule has 0 saturated heterocycles. The van der Waals surface area contributed by atoms with E-state index in [1.54, 1.807) is 6.20 Å². The van der Waals surface area contributed by atoms with Crippen molar-refractivity contribution >= 4 is 29.3 Å². The lowest BCUT2D eigenvalue weighted by molar-refractivity contribution is -0.779. The average molecular weight is 460 g/mol. The summed E-state index contributed by atoms with van der Waals surface area (Å²) < 4.78 is 41.1. The van der Waals surface area contributed by atoms with Crippen LogP contribution in [0.15, 0.2) is 30.7 Å².